The summed E-state index contributed by atoms with van der Waals surface area (Å²) in [4.78, 5) is 25.0. The van der Waals surface area contributed by atoms with Crippen molar-refractivity contribution in [3.05, 3.63) is 29.3 Å². The Labute approximate surface area is 139 Å². The second-order valence-corrected chi connectivity index (χ2v) is 7.00. The number of nitrogen functional groups attached to an aromatic ring is 1. The average Bonchev–Trinajstić information content (AvgIpc) is 3.04. The highest BCUT2D eigenvalue weighted by Crippen LogP contribution is 2.24. The molecular weight excluding hydrogens is 312 g/mol. The van der Waals surface area contributed by atoms with Gasteiger partial charge in [0.15, 0.2) is 5.16 Å². The normalized spacial score (nSPS) is 13.3. The predicted octanol–water partition coefficient (Wildman–Crippen LogP) is 1.49. The molecule has 1 aliphatic rings. The molecule has 1 aliphatic heterocycles. The first-order valence-electron chi connectivity index (χ1n) is 7.61. The van der Waals surface area contributed by atoms with E-state index in [1.54, 1.807) is 17.8 Å². The molecule has 8 heteroatoms. The maximum atomic E-state index is 12.3. The quantitative estimate of drug-likeness (QED) is 0.861. The molecule has 7 nitrogen and oxygen atoms in total. The van der Waals surface area contributed by atoms with Gasteiger partial charge >= 0.3 is 0 Å². The van der Waals surface area contributed by atoms with Crippen molar-refractivity contribution >= 4 is 23.6 Å². The van der Waals surface area contributed by atoms with Crippen molar-refractivity contribution in [3.63, 3.8) is 0 Å². The number of nitrogens with two attached hydrogens (primary N) is 1. The van der Waals surface area contributed by atoms with Gasteiger partial charge in [-0.15, -0.1) is 0 Å². The van der Waals surface area contributed by atoms with Crippen LogP contribution in [0.5, 0.6) is 0 Å². The Morgan fingerprint density at radius 2 is 2.22 bits per heavy atom. The van der Waals surface area contributed by atoms with Gasteiger partial charge in [-0.3, -0.25) is 4.79 Å². The summed E-state index contributed by atoms with van der Waals surface area (Å²) in [6, 6.07) is 1.70. The van der Waals surface area contributed by atoms with E-state index in [2.05, 4.69) is 38.7 Å². The second kappa shape index (κ2) is 6.57. The molecule has 0 unspecified atom stereocenters. The van der Waals surface area contributed by atoms with Crippen LogP contribution in [0.3, 0.4) is 0 Å². The fourth-order valence-corrected chi connectivity index (χ4v) is 3.43. The van der Waals surface area contributed by atoms with Gasteiger partial charge in [0.25, 0.3) is 5.91 Å². The lowest BCUT2D eigenvalue weighted by molar-refractivity contribution is 0.0945. The van der Waals surface area contributed by atoms with Crippen molar-refractivity contribution < 1.29 is 4.79 Å². The molecule has 0 radical (unpaired) electrons. The predicted molar refractivity (Wildman–Crippen MR) is 89.1 cm³/mol. The van der Waals surface area contributed by atoms with Crippen LogP contribution in [0.15, 0.2) is 17.4 Å². The first-order valence-corrected chi connectivity index (χ1v) is 8.60. The van der Waals surface area contributed by atoms with Crippen LogP contribution in [0.4, 0.5) is 5.95 Å². The smallest absolute Gasteiger partial charge is 0.270 e. The third kappa shape index (κ3) is 3.82. The molecule has 1 amide bonds. The van der Waals surface area contributed by atoms with Crippen LogP contribution in [0.1, 0.15) is 35.7 Å². The molecule has 3 heterocycles. The number of imidazole rings is 1. The largest absolute Gasteiger partial charge is 0.368 e. The molecule has 0 bridgehead atoms. The number of hydrogen-bond donors (Lipinski definition) is 2. The van der Waals surface area contributed by atoms with E-state index < -0.39 is 0 Å². The molecule has 122 valence electrons. The van der Waals surface area contributed by atoms with Gasteiger partial charge in [-0.25, -0.2) is 15.0 Å². The number of anilines is 1. The Kier molecular flexibility index (Phi) is 4.51. The van der Waals surface area contributed by atoms with Crippen LogP contribution >= 0.6 is 11.8 Å². The maximum absolute atomic E-state index is 12.3. The maximum Gasteiger partial charge on any atom is 0.270 e. The number of aryl methyl sites for hydroxylation is 1. The van der Waals surface area contributed by atoms with E-state index in [0.29, 0.717) is 18.2 Å². The summed E-state index contributed by atoms with van der Waals surface area (Å²) in [6.45, 7) is 5.53. The molecule has 0 spiro atoms. The summed E-state index contributed by atoms with van der Waals surface area (Å²) in [7, 11) is 0. The van der Waals surface area contributed by atoms with Crippen molar-refractivity contribution in [2.24, 2.45) is 5.92 Å². The SMILES string of the molecule is CC(C)Cc1cc(C(=O)NCc2cn3c(n2)SCC3)nc(N)n1. The molecule has 2 aromatic rings. The first kappa shape index (κ1) is 15.8. The molecule has 0 saturated carbocycles. The van der Waals surface area contributed by atoms with Crippen LogP contribution in [0.25, 0.3) is 0 Å². The molecule has 0 aliphatic carbocycles. The van der Waals surface area contributed by atoms with Crippen LogP contribution in [0, 0.1) is 5.92 Å². The van der Waals surface area contributed by atoms with Gasteiger partial charge < -0.3 is 15.6 Å². The zero-order valence-electron chi connectivity index (χ0n) is 13.2. The average molecular weight is 332 g/mol. The Balaban J connectivity index is 1.66. The highest BCUT2D eigenvalue weighted by Gasteiger charge is 2.16. The Bertz CT molecular complexity index is 705. The fraction of sp³-hybridized carbons (Fsp3) is 0.467. The number of carbonyl (C=O) groups is 1. The number of fused-ring (bicyclic) bond motifs is 1. The van der Waals surface area contributed by atoms with E-state index in [0.717, 1.165) is 35.3 Å². The molecular formula is C15H20N6OS. The minimum Gasteiger partial charge on any atom is -0.368 e. The highest BCUT2D eigenvalue weighted by molar-refractivity contribution is 7.99. The van der Waals surface area contributed by atoms with Gasteiger partial charge in [-0.05, 0) is 18.4 Å². The van der Waals surface area contributed by atoms with Gasteiger partial charge in [-0.2, -0.15) is 0 Å². The highest BCUT2D eigenvalue weighted by atomic mass is 32.2. The molecule has 0 aromatic carbocycles. The van der Waals surface area contributed by atoms with E-state index in [4.69, 9.17) is 5.73 Å². The fourth-order valence-electron chi connectivity index (χ4n) is 2.47. The molecule has 0 atom stereocenters. The standard InChI is InChI=1S/C15H20N6OS/c1-9(2)5-10-6-12(20-14(16)18-10)13(22)17-7-11-8-21-3-4-23-15(21)19-11/h6,8-9H,3-5,7H2,1-2H3,(H,17,22)(H2,16,18,20). The van der Waals surface area contributed by atoms with Gasteiger partial charge in [0.2, 0.25) is 5.95 Å². The summed E-state index contributed by atoms with van der Waals surface area (Å²) in [5.41, 5.74) is 7.65. The molecule has 2 aromatic heterocycles. The van der Waals surface area contributed by atoms with Crippen molar-refractivity contribution in [2.75, 3.05) is 11.5 Å². The lowest BCUT2D eigenvalue weighted by Crippen LogP contribution is -2.25. The number of nitrogens with zero attached hydrogens (tertiary/aromatic N) is 4. The molecule has 23 heavy (non-hydrogen) atoms. The number of aromatic nitrogens is 4. The summed E-state index contributed by atoms with van der Waals surface area (Å²) >= 11 is 1.73. The minimum absolute atomic E-state index is 0.130. The van der Waals surface area contributed by atoms with E-state index in [9.17, 15) is 4.79 Å². The Morgan fingerprint density at radius 3 is 2.96 bits per heavy atom. The van der Waals surface area contributed by atoms with Crippen LogP contribution in [-0.2, 0) is 19.5 Å². The minimum atomic E-state index is -0.259. The van der Waals surface area contributed by atoms with Gasteiger partial charge in [-0.1, -0.05) is 25.6 Å². The van der Waals surface area contributed by atoms with Gasteiger partial charge in [0, 0.05) is 24.2 Å². The molecule has 3 N–H and O–H groups in total. The van der Waals surface area contributed by atoms with Crippen molar-refractivity contribution in [2.45, 2.75) is 38.5 Å². The zero-order valence-corrected chi connectivity index (χ0v) is 14.1. The summed E-state index contributed by atoms with van der Waals surface area (Å²) in [6.07, 6.45) is 2.74. The molecule has 0 saturated heterocycles. The number of carbonyl (C=O) groups excluding carboxylic acids is 1. The van der Waals surface area contributed by atoms with Crippen LogP contribution < -0.4 is 11.1 Å². The van der Waals surface area contributed by atoms with Gasteiger partial charge in [0.1, 0.15) is 5.69 Å². The van der Waals surface area contributed by atoms with Crippen molar-refractivity contribution in [1.82, 2.24) is 24.8 Å². The third-order valence-corrected chi connectivity index (χ3v) is 4.40. The third-order valence-electron chi connectivity index (χ3n) is 3.43. The van der Waals surface area contributed by atoms with E-state index >= 15 is 0 Å². The lowest BCUT2D eigenvalue weighted by atomic mass is 10.1. The van der Waals surface area contributed by atoms with Crippen molar-refractivity contribution in [1.29, 1.82) is 0 Å². The van der Waals surface area contributed by atoms with Gasteiger partial charge in [0.05, 0.1) is 12.2 Å². The van der Waals surface area contributed by atoms with E-state index in [1.165, 1.54) is 0 Å². The van der Waals surface area contributed by atoms with E-state index in [-0.39, 0.29) is 11.9 Å². The van der Waals surface area contributed by atoms with Crippen molar-refractivity contribution in [3.8, 4) is 0 Å². The summed E-state index contributed by atoms with van der Waals surface area (Å²) in [5, 5.41) is 3.86. The summed E-state index contributed by atoms with van der Waals surface area (Å²) in [5.74, 6) is 1.37. The number of amides is 1. The van der Waals surface area contributed by atoms with Crippen LogP contribution in [0.2, 0.25) is 0 Å². The number of rotatable bonds is 5. The number of thioether (sulfide) groups is 1. The molecule has 3 rings (SSSR count). The number of hydrogen-bond acceptors (Lipinski definition) is 6. The monoisotopic (exact) mass is 332 g/mol. The second-order valence-electron chi connectivity index (χ2n) is 5.94. The topological polar surface area (TPSA) is 98.7 Å². The first-order chi connectivity index (χ1) is 11.0. The lowest BCUT2D eigenvalue weighted by Gasteiger charge is -2.08. The summed E-state index contributed by atoms with van der Waals surface area (Å²) < 4.78 is 2.11. The van der Waals surface area contributed by atoms with Crippen LogP contribution in [-0.4, -0.2) is 31.2 Å². The molecule has 0 fully saturated rings. The number of nitrogens with one attached hydrogen (secondary N) is 1. The van der Waals surface area contributed by atoms with E-state index in [1.807, 2.05) is 6.20 Å². The zero-order chi connectivity index (χ0) is 16.4. The Morgan fingerprint density at radius 1 is 1.39 bits per heavy atom. The Hall–Kier alpha value is -2.09.